The average molecular weight is 292 g/mol. The first-order valence-corrected chi connectivity index (χ1v) is 7.76. The summed E-state index contributed by atoms with van der Waals surface area (Å²) in [6.07, 6.45) is 9.81. The summed E-state index contributed by atoms with van der Waals surface area (Å²) in [6, 6.07) is 0. The fraction of sp³-hybridized carbons (Fsp3) is 0.812. The predicted octanol–water partition coefficient (Wildman–Crippen LogP) is 5.99. The average Bonchev–Trinajstić information content (AvgIpc) is 2.38. The maximum Gasteiger partial charge on any atom is 0.454 e. The minimum absolute atomic E-state index is 0.554. The molecule has 0 rings (SSSR count). The third-order valence-electron chi connectivity index (χ3n) is 3.27. The molecule has 0 atom stereocenters. The molecule has 0 amide bonds. The molecule has 0 aliphatic heterocycles. The summed E-state index contributed by atoms with van der Waals surface area (Å²) in [5.74, 6) is -1.76. The summed E-state index contributed by atoms with van der Waals surface area (Å²) in [5, 5.41) is 0. The Hall–Kier alpha value is -0.800. The molecule has 0 aliphatic carbocycles. The molecule has 4 heteroatoms. The highest BCUT2D eigenvalue weighted by Gasteiger charge is 2.35. The molecule has 0 radical (unpaired) electrons. The van der Waals surface area contributed by atoms with Crippen molar-refractivity contribution in [1.82, 2.24) is 0 Å². The Morgan fingerprint density at radius 1 is 0.850 bits per heavy atom. The molecule has 0 heterocycles. The molecule has 0 aromatic carbocycles. The van der Waals surface area contributed by atoms with Gasteiger partial charge in [0, 0.05) is 0 Å². The molecule has 0 aromatic heterocycles. The van der Waals surface area contributed by atoms with Crippen molar-refractivity contribution in [2.75, 3.05) is 0 Å². The standard InChI is InChI=1S/C16H27F3O/c1-2-3-4-5-6-7-8-9-10-11-12-13-14-15(20)16(17,18)19/h13-14H,2-12H2,1H3/b14-13+. The molecule has 0 aromatic rings. The quantitative estimate of drug-likeness (QED) is 0.319. The first-order chi connectivity index (χ1) is 9.48. The van der Waals surface area contributed by atoms with Gasteiger partial charge in [-0.25, -0.2) is 0 Å². The second kappa shape index (κ2) is 12.0. The fourth-order valence-electron chi connectivity index (χ4n) is 2.03. The van der Waals surface area contributed by atoms with Crippen molar-refractivity contribution in [3.05, 3.63) is 12.2 Å². The topological polar surface area (TPSA) is 17.1 Å². The van der Waals surface area contributed by atoms with Crippen LogP contribution in [-0.2, 0) is 4.79 Å². The van der Waals surface area contributed by atoms with Crippen molar-refractivity contribution in [3.63, 3.8) is 0 Å². The lowest BCUT2D eigenvalue weighted by Crippen LogP contribution is -2.19. The van der Waals surface area contributed by atoms with Gasteiger partial charge in [-0.15, -0.1) is 0 Å². The second-order valence-electron chi connectivity index (χ2n) is 5.24. The number of halogens is 3. The third-order valence-corrected chi connectivity index (χ3v) is 3.27. The normalized spacial score (nSPS) is 12.2. The Morgan fingerprint density at radius 3 is 1.75 bits per heavy atom. The van der Waals surface area contributed by atoms with Crippen molar-refractivity contribution in [2.45, 2.75) is 83.7 Å². The first-order valence-electron chi connectivity index (χ1n) is 7.76. The number of hydrogen-bond donors (Lipinski definition) is 0. The predicted molar refractivity (Wildman–Crippen MR) is 76.7 cm³/mol. The highest BCUT2D eigenvalue weighted by atomic mass is 19.4. The number of rotatable bonds is 12. The van der Waals surface area contributed by atoms with E-state index in [1.54, 1.807) is 0 Å². The van der Waals surface area contributed by atoms with Crippen molar-refractivity contribution in [3.8, 4) is 0 Å². The van der Waals surface area contributed by atoms with Gasteiger partial charge in [-0.1, -0.05) is 70.8 Å². The number of carbonyl (C=O) groups excluding carboxylic acids is 1. The van der Waals surface area contributed by atoms with E-state index in [0.29, 0.717) is 12.5 Å². The van der Waals surface area contributed by atoms with E-state index in [1.807, 2.05) is 0 Å². The van der Waals surface area contributed by atoms with Crippen molar-refractivity contribution in [1.29, 1.82) is 0 Å². The first kappa shape index (κ1) is 19.2. The molecule has 0 spiro atoms. The zero-order valence-electron chi connectivity index (χ0n) is 12.5. The monoisotopic (exact) mass is 292 g/mol. The zero-order chi connectivity index (χ0) is 15.3. The van der Waals surface area contributed by atoms with Crippen molar-refractivity contribution in [2.24, 2.45) is 0 Å². The molecule has 0 fully saturated rings. The van der Waals surface area contributed by atoms with Gasteiger partial charge < -0.3 is 0 Å². The van der Waals surface area contributed by atoms with Crippen molar-refractivity contribution < 1.29 is 18.0 Å². The molecule has 0 unspecified atom stereocenters. The highest BCUT2D eigenvalue weighted by molar-refractivity contribution is 5.94. The molecule has 0 N–H and O–H groups in total. The van der Waals surface area contributed by atoms with Gasteiger partial charge in [0.2, 0.25) is 0 Å². The summed E-state index contributed by atoms with van der Waals surface area (Å²) in [6.45, 7) is 2.21. The van der Waals surface area contributed by atoms with Gasteiger partial charge in [-0.2, -0.15) is 13.2 Å². The molecule has 0 saturated heterocycles. The van der Waals surface area contributed by atoms with E-state index in [1.165, 1.54) is 51.0 Å². The molecule has 0 saturated carbocycles. The van der Waals surface area contributed by atoms with E-state index in [-0.39, 0.29) is 0 Å². The van der Waals surface area contributed by atoms with Crippen LogP contribution in [0.2, 0.25) is 0 Å². The van der Waals surface area contributed by atoms with E-state index >= 15 is 0 Å². The van der Waals surface area contributed by atoms with Gasteiger partial charge in [0.05, 0.1) is 0 Å². The molecule has 20 heavy (non-hydrogen) atoms. The summed E-state index contributed by atoms with van der Waals surface area (Å²) < 4.78 is 35.6. The second-order valence-corrected chi connectivity index (χ2v) is 5.24. The molecule has 0 bridgehead atoms. The minimum Gasteiger partial charge on any atom is -0.285 e. The van der Waals surface area contributed by atoms with E-state index in [9.17, 15) is 18.0 Å². The molecular formula is C16H27F3O. The van der Waals surface area contributed by atoms with Crippen LogP contribution in [0.1, 0.15) is 77.6 Å². The zero-order valence-corrected chi connectivity index (χ0v) is 12.5. The number of carbonyl (C=O) groups is 1. The van der Waals surface area contributed by atoms with Gasteiger partial charge in [0.15, 0.2) is 0 Å². The van der Waals surface area contributed by atoms with E-state index in [4.69, 9.17) is 0 Å². The van der Waals surface area contributed by atoms with Crippen LogP contribution < -0.4 is 0 Å². The van der Waals surface area contributed by atoms with Crippen LogP contribution in [0.15, 0.2) is 12.2 Å². The van der Waals surface area contributed by atoms with Gasteiger partial charge in [-0.3, -0.25) is 4.79 Å². The number of unbranched alkanes of at least 4 members (excludes halogenated alkanes) is 10. The number of ketones is 1. The number of allylic oxidation sites excluding steroid dienone is 2. The number of alkyl halides is 3. The van der Waals surface area contributed by atoms with Crippen LogP contribution in [0.25, 0.3) is 0 Å². The van der Waals surface area contributed by atoms with Crippen molar-refractivity contribution >= 4 is 5.78 Å². The molecule has 118 valence electrons. The Labute approximate surface area is 120 Å². The Balaban J connectivity index is 3.29. The summed E-state index contributed by atoms with van der Waals surface area (Å²) >= 11 is 0. The lowest BCUT2D eigenvalue weighted by atomic mass is 10.1. The fourth-order valence-corrected chi connectivity index (χ4v) is 2.03. The Bertz CT molecular complexity index is 269. The minimum atomic E-state index is -4.73. The Morgan fingerprint density at radius 2 is 1.30 bits per heavy atom. The SMILES string of the molecule is CCCCCCCCCCCC/C=C/C(=O)C(F)(F)F. The third kappa shape index (κ3) is 12.2. The summed E-state index contributed by atoms with van der Waals surface area (Å²) in [7, 11) is 0. The molecule has 0 aliphatic rings. The van der Waals surface area contributed by atoms with Crippen LogP contribution in [0.3, 0.4) is 0 Å². The largest absolute Gasteiger partial charge is 0.454 e. The van der Waals surface area contributed by atoms with Crippen LogP contribution in [0.4, 0.5) is 13.2 Å². The van der Waals surface area contributed by atoms with E-state index in [2.05, 4.69) is 6.92 Å². The van der Waals surface area contributed by atoms with Crippen LogP contribution in [0, 0.1) is 0 Å². The molecular weight excluding hydrogens is 265 g/mol. The van der Waals surface area contributed by atoms with Crippen LogP contribution in [0.5, 0.6) is 0 Å². The van der Waals surface area contributed by atoms with Gasteiger partial charge in [0.25, 0.3) is 5.78 Å². The summed E-state index contributed by atoms with van der Waals surface area (Å²) in [4.78, 5) is 10.5. The highest BCUT2D eigenvalue weighted by Crippen LogP contribution is 2.17. The van der Waals surface area contributed by atoms with Crippen LogP contribution in [-0.4, -0.2) is 12.0 Å². The molecule has 1 nitrogen and oxygen atoms in total. The lowest BCUT2D eigenvalue weighted by molar-refractivity contribution is -0.165. The Kier molecular flexibility index (Phi) is 11.5. The lowest BCUT2D eigenvalue weighted by Gasteiger charge is -2.01. The number of hydrogen-bond acceptors (Lipinski definition) is 1. The summed E-state index contributed by atoms with van der Waals surface area (Å²) in [5.41, 5.74) is 0. The maximum atomic E-state index is 11.9. The van der Waals surface area contributed by atoms with E-state index < -0.39 is 12.0 Å². The smallest absolute Gasteiger partial charge is 0.285 e. The van der Waals surface area contributed by atoms with Crippen LogP contribution >= 0.6 is 0 Å². The van der Waals surface area contributed by atoms with E-state index in [0.717, 1.165) is 19.3 Å². The van der Waals surface area contributed by atoms with Gasteiger partial charge in [0.1, 0.15) is 0 Å². The van der Waals surface area contributed by atoms with Gasteiger partial charge >= 0.3 is 6.18 Å². The van der Waals surface area contributed by atoms with Gasteiger partial charge in [-0.05, 0) is 18.9 Å². The maximum absolute atomic E-state index is 11.9.